The smallest absolute Gasteiger partial charge is 0.337 e. The van der Waals surface area contributed by atoms with Gasteiger partial charge in [-0.05, 0) is 30.3 Å². The molecule has 0 fully saturated rings. The Balaban J connectivity index is 2.41. The van der Waals surface area contributed by atoms with Gasteiger partial charge in [-0.1, -0.05) is 33.6 Å². The largest absolute Gasteiger partial charge is 0.478 e. The van der Waals surface area contributed by atoms with Crippen LogP contribution in [0.15, 0.2) is 40.9 Å². The predicted octanol–water partition coefficient (Wildman–Crippen LogP) is 4.19. The monoisotopic (exact) mass is 371 g/mol. The number of halogens is 3. The number of carboxylic acids is 1. The molecule has 0 spiro atoms. The average molecular weight is 373 g/mol. The van der Waals surface area contributed by atoms with Crippen LogP contribution in [0.25, 0.3) is 0 Å². The van der Waals surface area contributed by atoms with Crippen LogP contribution in [0.3, 0.4) is 0 Å². The summed E-state index contributed by atoms with van der Waals surface area (Å²) < 4.78 is 14.4. The van der Waals surface area contributed by atoms with Crippen molar-refractivity contribution < 1.29 is 19.1 Å². The summed E-state index contributed by atoms with van der Waals surface area (Å²) in [6.07, 6.45) is 0. The van der Waals surface area contributed by atoms with Crippen molar-refractivity contribution in [1.29, 1.82) is 0 Å². The third-order valence-corrected chi connectivity index (χ3v) is 3.48. The van der Waals surface area contributed by atoms with Gasteiger partial charge in [-0.25, -0.2) is 9.18 Å². The lowest BCUT2D eigenvalue weighted by Gasteiger charge is -2.10. The van der Waals surface area contributed by atoms with Gasteiger partial charge in [0, 0.05) is 4.47 Å². The van der Waals surface area contributed by atoms with E-state index in [1.54, 1.807) is 6.07 Å². The molecular formula is C14H8BrClFNO3. The fraction of sp³-hybridized carbons (Fsp3) is 0. The number of para-hydroxylation sites is 1. The average Bonchev–Trinajstić information content (AvgIpc) is 2.43. The molecular weight excluding hydrogens is 365 g/mol. The molecule has 2 aromatic rings. The van der Waals surface area contributed by atoms with Gasteiger partial charge in [0.2, 0.25) is 0 Å². The lowest BCUT2D eigenvalue weighted by molar-refractivity contribution is 0.0697. The minimum absolute atomic E-state index is 0.102. The van der Waals surface area contributed by atoms with E-state index in [1.807, 2.05) is 0 Å². The van der Waals surface area contributed by atoms with E-state index in [1.165, 1.54) is 24.3 Å². The van der Waals surface area contributed by atoms with E-state index in [4.69, 9.17) is 16.7 Å². The normalized spacial score (nSPS) is 10.2. The molecule has 1 amide bonds. The number of amides is 1. The van der Waals surface area contributed by atoms with Gasteiger partial charge in [-0.3, -0.25) is 4.79 Å². The van der Waals surface area contributed by atoms with Gasteiger partial charge in [0.15, 0.2) is 0 Å². The molecule has 2 aromatic carbocycles. The standard InChI is InChI=1S/C14H8BrClFNO3/c15-7-4-5-10(16)9(6-7)13(19)18-12-8(14(20)21)2-1-3-11(12)17/h1-6H,(H,18,19)(H,20,21). The van der Waals surface area contributed by atoms with Crippen LogP contribution in [-0.4, -0.2) is 17.0 Å². The first kappa shape index (κ1) is 15.5. The maximum absolute atomic E-state index is 13.7. The molecule has 0 aromatic heterocycles. The number of carbonyl (C=O) groups excluding carboxylic acids is 1. The summed E-state index contributed by atoms with van der Waals surface area (Å²) >= 11 is 9.10. The van der Waals surface area contributed by atoms with Crippen LogP contribution in [0.1, 0.15) is 20.7 Å². The minimum atomic E-state index is -1.34. The highest BCUT2D eigenvalue weighted by Crippen LogP contribution is 2.24. The maximum Gasteiger partial charge on any atom is 0.337 e. The van der Waals surface area contributed by atoms with Crippen LogP contribution in [0.5, 0.6) is 0 Å². The van der Waals surface area contributed by atoms with E-state index < -0.39 is 23.4 Å². The van der Waals surface area contributed by atoms with Crippen LogP contribution >= 0.6 is 27.5 Å². The molecule has 108 valence electrons. The molecule has 0 aliphatic rings. The zero-order valence-electron chi connectivity index (χ0n) is 10.4. The van der Waals surface area contributed by atoms with Crippen molar-refractivity contribution in [2.24, 2.45) is 0 Å². The first-order valence-electron chi connectivity index (χ1n) is 5.68. The number of carboxylic acid groups (broad SMARTS) is 1. The number of benzene rings is 2. The summed E-state index contributed by atoms with van der Waals surface area (Å²) in [5.74, 6) is -2.88. The molecule has 0 radical (unpaired) electrons. The summed E-state index contributed by atoms with van der Waals surface area (Å²) in [5, 5.41) is 11.4. The van der Waals surface area contributed by atoms with E-state index in [0.29, 0.717) is 4.47 Å². The Morgan fingerprint density at radius 1 is 1.19 bits per heavy atom. The van der Waals surface area contributed by atoms with Crippen LogP contribution in [0, 0.1) is 5.82 Å². The van der Waals surface area contributed by atoms with Crippen molar-refractivity contribution in [3.8, 4) is 0 Å². The fourth-order valence-corrected chi connectivity index (χ4v) is 2.25. The Kier molecular flexibility index (Phi) is 4.59. The SMILES string of the molecule is O=C(Nc1c(F)cccc1C(=O)O)c1cc(Br)ccc1Cl. The molecule has 0 atom stereocenters. The fourth-order valence-electron chi connectivity index (χ4n) is 1.68. The van der Waals surface area contributed by atoms with Gasteiger partial charge in [0.05, 0.1) is 21.8 Å². The van der Waals surface area contributed by atoms with E-state index >= 15 is 0 Å². The topological polar surface area (TPSA) is 66.4 Å². The molecule has 0 aliphatic carbocycles. The Labute approximate surface area is 132 Å². The molecule has 0 bridgehead atoms. The van der Waals surface area contributed by atoms with E-state index in [0.717, 1.165) is 6.07 Å². The highest BCUT2D eigenvalue weighted by Gasteiger charge is 2.18. The first-order valence-corrected chi connectivity index (χ1v) is 6.85. The summed E-state index contributed by atoms with van der Waals surface area (Å²) in [6, 6.07) is 8.11. The second-order valence-electron chi connectivity index (χ2n) is 4.05. The lowest BCUT2D eigenvalue weighted by Crippen LogP contribution is -2.16. The second kappa shape index (κ2) is 6.24. The second-order valence-corrected chi connectivity index (χ2v) is 5.37. The minimum Gasteiger partial charge on any atom is -0.478 e. The quantitative estimate of drug-likeness (QED) is 0.849. The number of aromatic carboxylic acids is 1. The Morgan fingerprint density at radius 3 is 2.57 bits per heavy atom. The number of rotatable bonds is 3. The maximum atomic E-state index is 13.7. The summed E-state index contributed by atoms with van der Waals surface area (Å²) in [5.41, 5.74) is -0.633. The van der Waals surface area contributed by atoms with Crippen molar-refractivity contribution in [1.82, 2.24) is 0 Å². The molecule has 21 heavy (non-hydrogen) atoms. The number of nitrogens with one attached hydrogen (secondary N) is 1. The first-order chi connectivity index (χ1) is 9.90. The van der Waals surface area contributed by atoms with Crippen LogP contribution < -0.4 is 5.32 Å². The Morgan fingerprint density at radius 2 is 1.90 bits per heavy atom. The van der Waals surface area contributed by atoms with Crippen molar-refractivity contribution >= 4 is 45.1 Å². The Hall–Kier alpha value is -1.92. The van der Waals surface area contributed by atoms with Crippen molar-refractivity contribution in [2.75, 3.05) is 5.32 Å². The zero-order valence-corrected chi connectivity index (χ0v) is 12.7. The number of hydrogen-bond donors (Lipinski definition) is 2. The van der Waals surface area contributed by atoms with Crippen molar-refractivity contribution in [3.63, 3.8) is 0 Å². The third kappa shape index (κ3) is 3.40. The highest BCUT2D eigenvalue weighted by atomic mass is 79.9. The number of carbonyl (C=O) groups is 2. The summed E-state index contributed by atoms with van der Waals surface area (Å²) in [7, 11) is 0. The van der Waals surface area contributed by atoms with E-state index in [9.17, 15) is 14.0 Å². The molecule has 0 saturated carbocycles. The van der Waals surface area contributed by atoms with Gasteiger partial charge in [-0.15, -0.1) is 0 Å². The van der Waals surface area contributed by atoms with Crippen LogP contribution in [0.4, 0.5) is 10.1 Å². The number of hydrogen-bond acceptors (Lipinski definition) is 2. The Bertz CT molecular complexity index is 736. The molecule has 0 saturated heterocycles. The van der Waals surface area contributed by atoms with Crippen molar-refractivity contribution in [2.45, 2.75) is 0 Å². The number of anilines is 1. The van der Waals surface area contributed by atoms with Crippen molar-refractivity contribution in [3.05, 3.63) is 62.8 Å². The molecule has 0 unspecified atom stereocenters. The highest BCUT2D eigenvalue weighted by molar-refractivity contribution is 9.10. The van der Waals surface area contributed by atoms with Gasteiger partial charge in [0.25, 0.3) is 5.91 Å². The lowest BCUT2D eigenvalue weighted by atomic mass is 10.1. The molecule has 0 heterocycles. The van der Waals surface area contributed by atoms with E-state index in [-0.39, 0.29) is 16.1 Å². The molecule has 2 rings (SSSR count). The molecule has 0 aliphatic heterocycles. The third-order valence-electron chi connectivity index (χ3n) is 2.66. The van der Waals surface area contributed by atoms with Gasteiger partial charge >= 0.3 is 5.97 Å². The van der Waals surface area contributed by atoms with Crippen LogP contribution in [0.2, 0.25) is 5.02 Å². The van der Waals surface area contributed by atoms with Gasteiger partial charge in [-0.2, -0.15) is 0 Å². The van der Waals surface area contributed by atoms with E-state index in [2.05, 4.69) is 21.2 Å². The van der Waals surface area contributed by atoms with Crippen LogP contribution in [-0.2, 0) is 0 Å². The van der Waals surface area contributed by atoms with Gasteiger partial charge < -0.3 is 10.4 Å². The zero-order chi connectivity index (χ0) is 15.6. The van der Waals surface area contributed by atoms with Gasteiger partial charge in [0.1, 0.15) is 5.82 Å². The molecule has 2 N–H and O–H groups in total. The summed E-state index contributed by atoms with van der Waals surface area (Å²) in [4.78, 5) is 23.2. The molecule has 7 heteroatoms. The summed E-state index contributed by atoms with van der Waals surface area (Å²) in [6.45, 7) is 0. The predicted molar refractivity (Wildman–Crippen MR) is 80.5 cm³/mol. The molecule has 4 nitrogen and oxygen atoms in total.